The molecular formula is C15H18ClFN2S. The molecule has 2 atom stereocenters. The Hall–Kier alpha value is -0.870. The quantitative estimate of drug-likeness (QED) is 0.534. The van der Waals surface area contributed by atoms with E-state index in [-0.39, 0.29) is 10.8 Å². The minimum Gasteiger partial charge on any atom is -0.331 e. The van der Waals surface area contributed by atoms with Crippen LogP contribution in [-0.4, -0.2) is 9.55 Å². The first-order valence-corrected chi connectivity index (χ1v) is 7.94. The number of fused-ring (bicyclic) bond motifs is 1. The molecule has 0 spiro atoms. The topological polar surface area (TPSA) is 20.7 Å². The van der Waals surface area contributed by atoms with Gasteiger partial charge in [-0.2, -0.15) is 0 Å². The summed E-state index contributed by atoms with van der Waals surface area (Å²) in [6.45, 7) is 2.30. The first-order chi connectivity index (χ1) is 9.56. The Morgan fingerprint density at radius 3 is 2.90 bits per heavy atom. The third-order valence-electron chi connectivity index (χ3n) is 4.35. The molecule has 0 saturated heterocycles. The van der Waals surface area contributed by atoms with E-state index in [1.807, 2.05) is 0 Å². The van der Waals surface area contributed by atoms with E-state index in [0.29, 0.717) is 10.8 Å². The Balaban J connectivity index is 2.08. The van der Waals surface area contributed by atoms with Crippen LogP contribution in [0.5, 0.6) is 0 Å². The van der Waals surface area contributed by atoms with Crippen molar-refractivity contribution in [2.24, 2.45) is 5.92 Å². The van der Waals surface area contributed by atoms with Crippen LogP contribution in [0.3, 0.4) is 0 Å². The maximum Gasteiger partial charge on any atom is 0.178 e. The van der Waals surface area contributed by atoms with Crippen molar-refractivity contribution in [3.8, 4) is 0 Å². The van der Waals surface area contributed by atoms with E-state index in [2.05, 4.69) is 16.5 Å². The second-order valence-electron chi connectivity index (χ2n) is 5.85. The number of nitrogens with one attached hydrogen (secondary N) is 1. The summed E-state index contributed by atoms with van der Waals surface area (Å²) < 4.78 is 16.5. The lowest BCUT2D eigenvalue weighted by Crippen LogP contribution is -2.08. The van der Waals surface area contributed by atoms with Crippen LogP contribution in [0.2, 0.25) is 5.02 Å². The largest absolute Gasteiger partial charge is 0.331 e. The van der Waals surface area contributed by atoms with Gasteiger partial charge >= 0.3 is 0 Å². The van der Waals surface area contributed by atoms with Crippen molar-refractivity contribution in [1.82, 2.24) is 9.55 Å². The van der Waals surface area contributed by atoms with Crippen molar-refractivity contribution < 1.29 is 4.39 Å². The summed E-state index contributed by atoms with van der Waals surface area (Å²) in [5, 5.41) is 0.135. The van der Waals surface area contributed by atoms with Crippen LogP contribution < -0.4 is 0 Å². The molecule has 0 bridgehead atoms. The summed E-state index contributed by atoms with van der Waals surface area (Å²) >= 11 is 11.3. The fraction of sp³-hybridized carbons (Fsp3) is 0.533. The standard InChI is InChI=1S/C15H18ClFN2S/c1-9-3-2-4-10(6-5-9)19-14-8-12(17)11(16)7-13(14)18-15(19)20/h7-10H,2-6H2,1H3,(H,18,20). The van der Waals surface area contributed by atoms with Crippen LogP contribution >= 0.6 is 23.8 Å². The number of aromatic nitrogens is 2. The highest BCUT2D eigenvalue weighted by molar-refractivity contribution is 7.71. The van der Waals surface area contributed by atoms with E-state index < -0.39 is 0 Å². The molecule has 0 amide bonds. The molecule has 1 saturated carbocycles. The summed E-state index contributed by atoms with van der Waals surface area (Å²) in [5.41, 5.74) is 1.65. The monoisotopic (exact) mass is 312 g/mol. The number of nitrogens with zero attached hydrogens (tertiary/aromatic N) is 1. The zero-order valence-corrected chi connectivity index (χ0v) is 13.0. The Kier molecular flexibility index (Phi) is 3.87. The van der Waals surface area contributed by atoms with Gasteiger partial charge in [0.25, 0.3) is 0 Å². The molecule has 1 N–H and O–H groups in total. The summed E-state index contributed by atoms with van der Waals surface area (Å²) in [7, 11) is 0. The fourth-order valence-corrected chi connectivity index (χ4v) is 3.73. The van der Waals surface area contributed by atoms with Crippen LogP contribution in [0.15, 0.2) is 12.1 Å². The second kappa shape index (κ2) is 5.49. The van der Waals surface area contributed by atoms with E-state index in [0.717, 1.165) is 29.8 Å². The SMILES string of the molecule is CC1CCCC(n2c(=S)[nH]c3cc(Cl)c(F)cc32)CC1. The molecule has 20 heavy (non-hydrogen) atoms. The molecule has 1 aliphatic rings. The Morgan fingerprint density at radius 2 is 2.10 bits per heavy atom. The lowest BCUT2D eigenvalue weighted by atomic mass is 10.0. The number of hydrogen-bond acceptors (Lipinski definition) is 1. The molecule has 1 aromatic carbocycles. The minimum atomic E-state index is -0.385. The van der Waals surface area contributed by atoms with E-state index in [1.165, 1.54) is 25.3 Å². The molecule has 2 nitrogen and oxygen atoms in total. The Morgan fingerprint density at radius 1 is 1.30 bits per heavy atom. The van der Waals surface area contributed by atoms with Gasteiger partial charge in [-0.1, -0.05) is 31.4 Å². The van der Waals surface area contributed by atoms with Gasteiger partial charge in [-0.15, -0.1) is 0 Å². The van der Waals surface area contributed by atoms with Crippen LogP contribution in [0.4, 0.5) is 4.39 Å². The maximum absolute atomic E-state index is 13.8. The Bertz CT molecular complexity index is 691. The number of rotatable bonds is 1. The van der Waals surface area contributed by atoms with Crippen molar-refractivity contribution in [2.45, 2.75) is 45.1 Å². The molecule has 108 valence electrons. The van der Waals surface area contributed by atoms with Crippen molar-refractivity contribution in [3.05, 3.63) is 27.7 Å². The number of hydrogen-bond donors (Lipinski definition) is 1. The normalized spacial score (nSPS) is 23.9. The highest BCUT2D eigenvalue weighted by Crippen LogP contribution is 2.33. The van der Waals surface area contributed by atoms with Gasteiger partial charge in [0.05, 0.1) is 16.1 Å². The van der Waals surface area contributed by atoms with Crippen molar-refractivity contribution in [2.75, 3.05) is 0 Å². The van der Waals surface area contributed by atoms with Gasteiger partial charge in [0.15, 0.2) is 4.77 Å². The average molecular weight is 313 g/mol. The Labute approximate surface area is 127 Å². The van der Waals surface area contributed by atoms with Gasteiger partial charge in [0, 0.05) is 12.1 Å². The molecule has 1 aromatic heterocycles. The minimum absolute atomic E-state index is 0.135. The number of aromatic amines is 1. The van der Waals surface area contributed by atoms with Gasteiger partial charge in [0.1, 0.15) is 5.82 Å². The van der Waals surface area contributed by atoms with Crippen molar-refractivity contribution in [1.29, 1.82) is 0 Å². The zero-order chi connectivity index (χ0) is 14.3. The smallest absolute Gasteiger partial charge is 0.178 e. The average Bonchev–Trinajstić information content (AvgIpc) is 2.57. The number of H-pyrrole nitrogens is 1. The van der Waals surface area contributed by atoms with E-state index in [4.69, 9.17) is 23.8 Å². The summed E-state index contributed by atoms with van der Waals surface area (Å²) in [6.07, 6.45) is 5.89. The first-order valence-electron chi connectivity index (χ1n) is 7.15. The van der Waals surface area contributed by atoms with Gasteiger partial charge in [-0.3, -0.25) is 0 Å². The molecule has 0 radical (unpaired) electrons. The van der Waals surface area contributed by atoms with E-state index in [9.17, 15) is 4.39 Å². The lowest BCUT2D eigenvalue weighted by Gasteiger charge is -2.17. The summed E-state index contributed by atoms with van der Waals surface area (Å²) in [4.78, 5) is 3.15. The molecule has 0 aliphatic heterocycles. The van der Waals surface area contributed by atoms with E-state index >= 15 is 0 Å². The maximum atomic E-state index is 13.8. The number of halogens is 2. The molecule has 1 heterocycles. The van der Waals surface area contributed by atoms with Crippen LogP contribution in [0, 0.1) is 16.5 Å². The summed E-state index contributed by atoms with van der Waals surface area (Å²) in [6, 6.07) is 3.48. The molecule has 1 aliphatic carbocycles. The molecule has 1 fully saturated rings. The second-order valence-corrected chi connectivity index (χ2v) is 6.64. The van der Waals surface area contributed by atoms with Crippen molar-refractivity contribution in [3.63, 3.8) is 0 Å². The molecule has 2 aromatic rings. The molecule has 5 heteroatoms. The van der Waals surface area contributed by atoms with Crippen LogP contribution in [0.25, 0.3) is 11.0 Å². The predicted molar refractivity (Wildman–Crippen MR) is 83.4 cm³/mol. The van der Waals surface area contributed by atoms with E-state index in [1.54, 1.807) is 6.07 Å². The summed E-state index contributed by atoms with van der Waals surface area (Å²) in [5.74, 6) is 0.384. The molecular weight excluding hydrogens is 295 g/mol. The van der Waals surface area contributed by atoms with Gasteiger partial charge in [0.2, 0.25) is 0 Å². The van der Waals surface area contributed by atoms with Crippen LogP contribution in [0.1, 0.15) is 45.1 Å². The van der Waals surface area contributed by atoms with Gasteiger partial charge in [-0.05, 0) is 43.5 Å². The third kappa shape index (κ3) is 2.51. The number of benzene rings is 1. The third-order valence-corrected chi connectivity index (χ3v) is 4.94. The molecule has 3 rings (SSSR count). The molecule has 2 unspecified atom stereocenters. The highest BCUT2D eigenvalue weighted by Gasteiger charge is 2.20. The predicted octanol–water partition coefficient (Wildman–Crippen LogP) is 5.63. The lowest BCUT2D eigenvalue weighted by molar-refractivity contribution is 0.437. The van der Waals surface area contributed by atoms with Gasteiger partial charge < -0.3 is 9.55 Å². The van der Waals surface area contributed by atoms with Crippen molar-refractivity contribution >= 4 is 34.9 Å². The fourth-order valence-electron chi connectivity index (χ4n) is 3.21. The zero-order valence-electron chi connectivity index (χ0n) is 11.5. The first kappa shape index (κ1) is 14.1. The van der Waals surface area contributed by atoms with Gasteiger partial charge in [-0.25, -0.2) is 4.39 Å². The number of imidazole rings is 1. The van der Waals surface area contributed by atoms with Crippen LogP contribution in [-0.2, 0) is 0 Å². The highest BCUT2D eigenvalue weighted by atomic mass is 35.5.